The smallest absolute Gasteiger partial charge is 0.311 e. The number of nitro benzene ring substituents is 1. The van der Waals surface area contributed by atoms with Crippen LogP contribution in [0.3, 0.4) is 0 Å². The van der Waals surface area contributed by atoms with E-state index in [9.17, 15) is 19.7 Å². The van der Waals surface area contributed by atoms with Crippen molar-refractivity contribution in [2.75, 3.05) is 7.11 Å². The van der Waals surface area contributed by atoms with Gasteiger partial charge in [-0.25, -0.2) is 0 Å². The highest BCUT2D eigenvalue weighted by Crippen LogP contribution is 2.35. The number of imide groups is 1. The minimum absolute atomic E-state index is 0.129. The first-order valence-electron chi connectivity index (χ1n) is 7.71. The number of hydrogen-bond donors (Lipinski definition) is 0. The second-order valence-electron chi connectivity index (χ2n) is 5.58. The van der Waals surface area contributed by atoms with E-state index in [0.29, 0.717) is 5.56 Å². The number of amides is 2. The Kier molecular flexibility index (Phi) is 5.80. The number of nitrogens with zero attached hydrogens (tertiary/aromatic N) is 2. The number of methoxy groups -OCH3 is 1. The van der Waals surface area contributed by atoms with Crippen LogP contribution >= 0.6 is 34.4 Å². The molecule has 7 nitrogen and oxygen atoms in total. The summed E-state index contributed by atoms with van der Waals surface area (Å²) in [4.78, 5) is 36.8. The van der Waals surface area contributed by atoms with Crippen LogP contribution in [-0.2, 0) is 11.3 Å². The van der Waals surface area contributed by atoms with E-state index >= 15 is 0 Å². The van der Waals surface area contributed by atoms with E-state index in [1.54, 1.807) is 6.07 Å². The zero-order chi connectivity index (χ0) is 19.6. The van der Waals surface area contributed by atoms with Gasteiger partial charge in [-0.2, -0.15) is 0 Å². The predicted octanol–water partition coefficient (Wildman–Crippen LogP) is 4.44. The number of nitro groups is 1. The molecule has 0 aromatic heterocycles. The van der Waals surface area contributed by atoms with Crippen LogP contribution in [0.15, 0.2) is 47.4 Å². The molecule has 0 N–H and O–H groups in total. The molecule has 0 saturated carbocycles. The summed E-state index contributed by atoms with van der Waals surface area (Å²) in [6.45, 7) is 0.182. The van der Waals surface area contributed by atoms with Gasteiger partial charge in [-0.05, 0) is 69.8 Å². The first-order valence-corrected chi connectivity index (χ1v) is 9.61. The number of rotatable bonds is 5. The fourth-order valence-corrected chi connectivity index (χ4v) is 3.70. The molecular formula is C18H13IN2O5S. The molecule has 0 bridgehead atoms. The minimum Gasteiger partial charge on any atom is -0.490 e. The van der Waals surface area contributed by atoms with Crippen LogP contribution in [-0.4, -0.2) is 28.1 Å². The molecule has 27 heavy (non-hydrogen) atoms. The summed E-state index contributed by atoms with van der Waals surface area (Å²) in [5.74, 6) is -0.286. The highest BCUT2D eigenvalue weighted by Gasteiger charge is 2.35. The van der Waals surface area contributed by atoms with Gasteiger partial charge in [-0.15, -0.1) is 0 Å². The van der Waals surface area contributed by atoms with E-state index in [1.165, 1.54) is 25.3 Å². The van der Waals surface area contributed by atoms with Gasteiger partial charge in [0.1, 0.15) is 0 Å². The molecule has 2 aromatic rings. The molecule has 2 aromatic carbocycles. The van der Waals surface area contributed by atoms with Crippen LogP contribution in [0.2, 0.25) is 0 Å². The normalized spacial score (nSPS) is 15.5. The van der Waals surface area contributed by atoms with E-state index in [0.717, 1.165) is 25.8 Å². The second kappa shape index (κ2) is 8.09. The maximum absolute atomic E-state index is 12.6. The monoisotopic (exact) mass is 496 g/mol. The van der Waals surface area contributed by atoms with Gasteiger partial charge in [-0.3, -0.25) is 24.6 Å². The predicted molar refractivity (Wildman–Crippen MR) is 110 cm³/mol. The summed E-state index contributed by atoms with van der Waals surface area (Å²) in [6, 6.07) is 11.9. The molecule has 1 fully saturated rings. The first-order chi connectivity index (χ1) is 12.9. The van der Waals surface area contributed by atoms with Crippen molar-refractivity contribution in [3.63, 3.8) is 0 Å². The van der Waals surface area contributed by atoms with Gasteiger partial charge in [0.15, 0.2) is 5.75 Å². The Balaban J connectivity index is 1.84. The number of ether oxygens (including phenoxy) is 1. The Labute approximate surface area is 172 Å². The van der Waals surface area contributed by atoms with Crippen molar-refractivity contribution in [1.82, 2.24) is 4.90 Å². The molecule has 138 valence electrons. The topological polar surface area (TPSA) is 89.8 Å². The van der Waals surface area contributed by atoms with Gasteiger partial charge in [0.05, 0.1) is 23.5 Å². The van der Waals surface area contributed by atoms with Gasteiger partial charge in [-0.1, -0.05) is 18.2 Å². The second-order valence-corrected chi connectivity index (χ2v) is 7.82. The third-order valence-electron chi connectivity index (χ3n) is 3.82. The van der Waals surface area contributed by atoms with Crippen molar-refractivity contribution in [3.8, 4) is 5.75 Å². The highest BCUT2D eigenvalue weighted by atomic mass is 127. The van der Waals surface area contributed by atoms with E-state index in [2.05, 4.69) is 22.6 Å². The van der Waals surface area contributed by atoms with E-state index < -0.39 is 10.8 Å². The van der Waals surface area contributed by atoms with Crippen molar-refractivity contribution in [3.05, 3.63) is 72.2 Å². The van der Waals surface area contributed by atoms with Crippen LogP contribution in [0.4, 0.5) is 10.5 Å². The number of carbonyl (C=O) groups excluding carboxylic acids is 2. The third-order valence-corrected chi connectivity index (χ3v) is 5.45. The minimum atomic E-state index is -0.557. The van der Waals surface area contributed by atoms with Crippen molar-refractivity contribution < 1.29 is 19.2 Å². The van der Waals surface area contributed by atoms with Gasteiger partial charge < -0.3 is 4.74 Å². The lowest BCUT2D eigenvalue weighted by atomic mass is 10.1. The summed E-state index contributed by atoms with van der Waals surface area (Å²) in [7, 11) is 1.35. The van der Waals surface area contributed by atoms with E-state index in [-0.39, 0.29) is 28.1 Å². The molecule has 0 spiro atoms. The number of halogens is 1. The van der Waals surface area contributed by atoms with Crippen molar-refractivity contribution >= 4 is 57.3 Å². The van der Waals surface area contributed by atoms with E-state index in [1.807, 2.05) is 24.3 Å². The SMILES string of the molecule is COc1ccc(/C=C2\SC(=O)N(Cc3ccc(I)cc3)C2=O)cc1[N+](=O)[O-]. The number of hydrogen-bond acceptors (Lipinski definition) is 6. The molecular weight excluding hydrogens is 483 g/mol. The summed E-state index contributed by atoms with van der Waals surface area (Å²) in [6.07, 6.45) is 1.48. The average Bonchev–Trinajstić information content (AvgIpc) is 2.90. The standard InChI is InChI=1S/C18H13IN2O5S/c1-26-15-7-4-12(8-14(15)21(24)25)9-16-17(22)20(18(23)27-16)10-11-2-5-13(19)6-3-11/h2-9H,10H2,1H3/b16-9-. The van der Waals surface area contributed by atoms with Crippen LogP contribution in [0.5, 0.6) is 5.75 Å². The van der Waals surface area contributed by atoms with Crippen molar-refractivity contribution in [2.45, 2.75) is 6.54 Å². The fourth-order valence-electron chi connectivity index (χ4n) is 2.50. The quantitative estimate of drug-likeness (QED) is 0.263. The molecule has 1 saturated heterocycles. The lowest BCUT2D eigenvalue weighted by molar-refractivity contribution is -0.385. The van der Waals surface area contributed by atoms with Crippen LogP contribution in [0.25, 0.3) is 6.08 Å². The Bertz CT molecular complexity index is 959. The fraction of sp³-hybridized carbons (Fsp3) is 0.111. The van der Waals surface area contributed by atoms with E-state index in [4.69, 9.17) is 4.74 Å². The molecule has 1 heterocycles. The first kappa shape index (κ1) is 19.4. The van der Waals surface area contributed by atoms with Gasteiger partial charge >= 0.3 is 5.69 Å². The molecule has 1 aliphatic rings. The molecule has 2 amide bonds. The third kappa shape index (κ3) is 4.30. The zero-order valence-electron chi connectivity index (χ0n) is 14.0. The number of thioether (sulfide) groups is 1. The molecule has 1 aliphatic heterocycles. The highest BCUT2D eigenvalue weighted by molar-refractivity contribution is 14.1. The Morgan fingerprint density at radius 3 is 2.56 bits per heavy atom. The summed E-state index contributed by atoms with van der Waals surface area (Å²) in [5, 5.41) is 10.8. The Hall–Kier alpha value is -2.40. The van der Waals surface area contributed by atoms with Gasteiger partial charge in [0.2, 0.25) is 0 Å². The van der Waals surface area contributed by atoms with Gasteiger partial charge in [0.25, 0.3) is 11.1 Å². The van der Waals surface area contributed by atoms with Crippen LogP contribution < -0.4 is 4.74 Å². The summed E-state index contributed by atoms with van der Waals surface area (Å²) < 4.78 is 6.03. The molecule has 9 heteroatoms. The molecule has 0 aliphatic carbocycles. The number of benzene rings is 2. The lowest BCUT2D eigenvalue weighted by Gasteiger charge is -2.12. The summed E-state index contributed by atoms with van der Waals surface area (Å²) >= 11 is 3.00. The lowest BCUT2D eigenvalue weighted by Crippen LogP contribution is -2.27. The van der Waals surface area contributed by atoms with Gasteiger partial charge in [0, 0.05) is 9.64 Å². The van der Waals surface area contributed by atoms with Crippen molar-refractivity contribution in [1.29, 1.82) is 0 Å². The average molecular weight is 496 g/mol. The molecule has 0 unspecified atom stereocenters. The molecule has 3 rings (SSSR count). The zero-order valence-corrected chi connectivity index (χ0v) is 17.0. The Morgan fingerprint density at radius 1 is 1.22 bits per heavy atom. The number of carbonyl (C=O) groups is 2. The van der Waals surface area contributed by atoms with Crippen molar-refractivity contribution in [2.24, 2.45) is 0 Å². The summed E-state index contributed by atoms with van der Waals surface area (Å²) in [5.41, 5.74) is 1.09. The molecule has 0 atom stereocenters. The molecule has 0 radical (unpaired) electrons. The maximum Gasteiger partial charge on any atom is 0.311 e. The Morgan fingerprint density at radius 2 is 1.93 bits per heavy atom. The largest absolute Gasteiger partial charge is 0.490 e. The van der Waals surface area contributed by atoms with Crippen LogP contribution in [0, 0.1) is 13.7 Å². The van der Waals surface area contributed by atoms with Crippen LogP contribution in [0.1, 0.15) is 11.1 Å². The maximum atomic E-state index is 12.6.